The summed E-state index contributed by atoms with van der Waals surface area (Å²) in [5, 5.41) is 0. The number of aryl methyl sites for hydroxylation is 6. The number of hydrogen-bond donors (Lipinski definition) is 0. The second-order valence-corrected chi connectivity index (χ2v) is 9.31. The third kappa shape index (κ3) is 3.75. The van der Waals surface area contributed by atoms with Gasteiger partial charge in [-0.05, 0) is 69.7 Å². The smallest absolute Gasteiger partial charge is 0.126 e. The van der Waals surface area contributed by atoms with Crippen LogP contribution >= 0.6 is 0 Å². The van der Waals surface area contributed by atoms with Gasteiger partial charge in [0.1, 0.15) is 12.0 Å². The lowest BCUT2D eigenvalue weighted by atomic mass is 10.00. The zero-order valence-electron chi connectivity index (χ0n) is 19.9. The third-order valence-electron chi connectivity index (χ3n) is 5.88. The zero-order chi connectivity index (χ0) is 21.6. The van der Waals surface area contributed by atoms with Gasteiger partial charge in [-0.15, -0.1) is 0 Å². The molecule has 0 saturated heterocycles. The highest BCUT2D eigenvalue weighted by Gasteiger charge is 2.39. The second kappa shape index (κ2) is 7.78. The highest BCUT2D eigenvalue weighted by atomic mass is 15.5. The van der Waals surface area contributed by atoms with Crippen LogP contribution in [-0.2, 0) is 0 Å². The van der Waals surface area contributed by atoms with Crippen LogP contribution in [0.15, 0.2) is 36.3 Å². The molecule has 1 unspecified atom stereocenters. The van der Waals surface area contributed by atoms with Gasteiger partial charge in [-0.25, -0.2) is 0 Å². The van der Waals surface area contributed by atoms with Crippen molar-refractivity contribution in [1.82, 2.24) is 4.90 Å². The first-order valence-electron chi connectivity index (χ1n) is 10.6. The Morgan fingerprint density at radius 1 is 0.724 bits per heavy atom. The van der Waals surface area contributed by atoms with Gasteiger partial charge in [0, 0.05) is 26.0 Å². The first-order valence-corrected chi connectivity index (χ1v) is 10.6. The standard InChI is InChI=1S/C26H37N3/c1-16(2)26-28(24-19(5)11-17(3)12-20(24)6)15-23(27(9)10)29(26)25-21(7)13-18(4)14-22(25)8/h11-16,26H,1-10H3. The normalized spacial score (nSPS) is 16.7. The van der Waals surface area contributed by atoms with Crippen molar-refractivity contribution in [3.05, 3.63) is 69.7 Å². The molecular weight excluding hydrogens is 354 g/mol. The molecule has 0 spiro atoms. The topological polar surface area (TPSA) is 9.72 Å². The summed E-state index contributed by atoms with van der Waals surface area (Å²) >= 11 is 0. The van der Waals surface area contributed by atoms with E-state index in [0.717, 1.165) is 0 Å². The first-order chi connectivity index (χ1) is 13.5. The Morgan fingerprint density at radius 3 is 1.52 bits per heavy atom. The summed E-state index contributed by atoms with van der Waals surface area (Å²) < 4.78 is 0. The van der Waals surface area contributed by atoms with Gasteiger partial charge >= 0.3 is 0 Å². The molecule has 0 bridgehead atoms. The molecule has 2 aromatic rings. The fraction of sp³-hybridized carbons (Fsp3) is 0.462. The van der Waals surface area contributed by atoms with Crippen molar-refractivity contribution in [2.24, 2.45) is 5.92 Å². The predicted molar refractivity (Wildman–Crippen MR) is 127 cm³/mol. The highest BCUT2D eigenvalue weighted by Crippen LogP contribution is 2.42. The second-order valence-electron chi connectivity index (χ2n) is 9.31. The Bertz CT molecular complexity index is 906. The molecule has 0 aliphatic carbocycles. The molecule has 0 amide bonds. The van der Waals surface area contributed by atoms with E-state index < -0.39 is 0 Å². The fourth-order valence-corrected chi connectivity index (χ4v) is 5.05. The molecule has 1 aliphatic rings. The van der Waals surface area contributed by atoms with Crippen molar-refractivity contribution in [2.75, 3.05) is 23.9 Å². The van der Waals surface area contributed by atoms with Gasteiger partial charge in [-0.2, -0.15) is 0 Å². The maximum Gasteiger partial charge on any atom is 0.126 e. The number of benzene rings is 2. The van der Waals surface area contributed by atoms with Crippen molar-refractivity contribution < 1.29 is 0 Å². The van der Waals surface area contributed by atoms with E-state index in [1.807, 2.05) is 0 Å². The molecule has 0 fully saturated rings. The molecule has 3 nitrogen and oxygen atoms in total. The zero-order valence-corrected chi connectivity index (χ0v) is 19.9. The molecule has 3 rings (SSSR count). The Labute approximate surface area is 177 Å². The van der Waals surface area contributed by atoms with Crippen LogP contribution in [-0.4, -0.2) is 25.2 Å². The molecule has 3 heteroatoms. The van der Waals surface area contributed by atoms with Crippen molar-refractivity contribution >= 4 is 11.4 Å². The molecule has 1 heterocycles. The van der Waals surface area contributed by atoms with E-state index in [9.17, 15) is 0 Å². The maximum absolute atomic E-state index is 2.55. The largest absolute Gasteiger partial charge is 0.363 e. The van der Waals surface area contributed by atoms with Crippen molar-refractivity contribution in [3.63, 3.8) is 0 Å². The third-order valence-corrected chi connectivity index (χ3v) is 5.88. The van der Waals surface area contributed by atoms with Gasteiger partial charge in [0.2, 0.25) is 0 Å². The molecular formula is C26H37N3. The first kappa shape index (κ1) is 21.3. The minimum atomic E-state index is 0.229. The maximum atomic E-state index is 2.55. The van der Waals surface area contributed by atoms with E-state index in [2.05, 4.69) is 115 Å². The van der Waals surface area contributed by atoms with E-state index >= 15 is 0 Å². The summed E-state index contributed by atoms with van der Waals surface area (Å²) in [5.74, 6) is 1.68. The molecule has 2 aromatic carbocycles. The minimum absolute atomic E-state index is 0.229. The van der Waals surface area contributed by atoms with Gasteiger partial charge in [-0.1, -0.05) is 49.2 Å². The van der Waals surface area contributed by atoms with Crippen LogP contribution < -0.4 is 9.80 Å². The summed E-state index contributed by atoms with van der Waals surface area (Å²) in [7, 11) is 4.29. The van der Waals surface area contributed by atoms with E-state index in [0.29, 0.717) is 5.92 Å². The Kier molecular flexibility index (Phi) is 5.71. The molecule has 0 aromatic heterocycles. The van der Waals surface area contributed by atoms with Gasteiger partial charge < -0.3 is 14.7 Å². The summed E-state index contributed by atoms with van der Waals surface area (Å²) in [5.41, 5.74) is 10.6. The van der Waals surface area contributed by atoms with Gasteiger partial charge in [0.05, 0.1) is 5.69 Å². The van der Waals surface area contributed by atoms with Crippen molar-refractivity contribution in [1.29, 1.82) is 0 Å². The molecule has 0 N–H and O–H groups in total. The molecule has 1 aliphatic heterocycles. The van der Waals surface area contributed by atoms with Gasteiger partial charge in [0.25, 0.3) is 0 Å². The number of anilines is 2. The van der Waals surface area contributed by atoms with Crippen LogP contribution in [0.1, 0.15) is 47.2 Å². The molecule has 29 heavy (non-hydrogen) atoms. The van der Waals surface area contributed by atoms with Gasteiger partial charge in [0.15, 0.2) is 0 Å². The van der Waals surface area contributed by atoms with Crippen LogP contribution in [0.2, 0.25) is 0 Å². The summed E-state index contributed by atoms with van der Waals surface area (Å²) in [6.07, 6.45) is 2.57. The number of hydrogen-bond acceptors (Lipinski definition) is 3. The summed E-state index contributed by atoms with van der Waals surface area (Å²) in [4.78, 5) is 7.29. The molecule has 0 radical (unpaired) electrons. The predicted octanol–water partition coefficient (Wildman–Crippen LogP) is 6.21. The number of nitrogens with zero attached hydrogens (tertiary/aromatic N) is 3. The lowest BCUT2D eigenvalue weighted by molar-refractivity contribution is 0.442. The molecule has 1 atom stereocenters. The van der Waals surface area contributed by atoms with Crippen molar-refractivity contribution in [2.45, 2.75) is 61.6 Å². The van der Waals surface area contributed by atoms with Crippen LogP contribution in [0.3, 0.4) is 0 Å². The summed E-state index contributed by atoms with van der Waals surface area (Å²) in [6, 6.07) is 9.21. The average Bonchev–Trinajstić information content (AvgIpc) is 2.93. The lowest BCUT2D eigenvalue weighted by Crippen LogP contribution is -2.46. The monoisotopic (exact) mass is 391 g/mol. The van der Waals surface area contributed by atoms with Gasteiger partial charge in [-0.3, -0.25) is 0 Å². The molecule has 0 saturated carbocycles. The van der Waals surface area contributed by atoms with E-state index in [1.165, 1.54) is 50.6 Å². The van der Waals surface area contributed by atoms with Crippen LogP contribution in [0.25, 0.3) is 0 Å². The van der Waals surface area contributed by atoms with E-state index in [-0.39, 0.29) is 6.17 Å². The number of rotatable bonds is 4. The quantitative estimate of drug-likeness (QED) is 0.614. The van der Waals surface area contributed by atoms with Crippen LogP contribution in [0.5, 0.6) is 0 Å². The van der Waals surface area contributed by atoms with Crippen LogP contribution in [0.4, 0.5) is 11.4 Å². The Balaban J connectivity index is 2.25. The van der Waals surface area contributed by atoms with Crippen LogP contribution in [0, 0.1) is 47.5 Å². The minimum Gasteiger partial charge on any atom is -0.363 e. The average molecular weight is 392 g/mol. The Morgan fingerprint density at radius 2 is 1.14 bits per heavy atom. The SMILES string of the molecule is Cc1cc(C)c(N2C=C(N(C)C)N(c3c(C)cc(C)cc3C)C2C(C)C)c(C)c1. The van der Waals surface area contributed by atoms with E-state index in [1.54, 1.807) is 0 Å². The highest BCUT2D eigenvalue weighted by molar-refractivity contribution is 5.72. The fourth-order valence-electron chi connectivity index (χ4n) is 5.05. The van der Waals surface area contributed by atoms with E-state index in [4.69, 9.17) is 0 Å². The molecule has 156 valence electrons. The Hall–Kier alpha value is -2.42. The summed E-state index contributed by atoms with van der Waals surface area (Å²) in [6.45, 7) is 18.0. The van der Waals surface area contributed by atoms with Crippen molar-refractivity contribution in [3.8, 4) is 0 Å². The lowest BCUT2D eigenvalue weighted by Gasteiger charge is -2.40.